The molecule has 0 spiro atoms. The second kappa shape index (κ2) is 13.6. The van der Waals surface area contributed by atoms with Crippen molar-refractivity contribution in [3.05, 3.63) is 95.5 Å². The van der Waals surface area contributed by atoms with E-state index in [4.69, 9.17) is 42.3 Å². The fourth-order valence-corrected chi connectivity index (χ4v) is 2.67. The molecule has 9 nitrogen and oxygen atoms in total. The fourth-order valence-electron chi connectivity index (χ4n) is 2.50. The number of hydrogen-bond donors (Lipinski definition) is 2. The average Bonchev–Trinajstić information content (AvgIpc) is 2.83. The Kier molecular flexibility index (Phi) is 10.6. The summed E-state index contributed by atoms with van der Waals surface area (Å²) in [7, 11) is 1.35. The number of nitrogens with zero attached hydrogens (tertiary/aromatic N) is 2. The molecule has 180 valence electrons. The fraction of sp³-hybridized carbons (Fsp3) is 0.130. The van der Waals surface area contributed by atoms with Crippen molar-refractivity contribution >= 4 is 23.7 Å². The highest BCUT2D eigenvalue weighted by atomic mass is 35.5. The third-order valence-corrected chi connectivity index (χ3v) is 4.28. The summed E-state index contributed by atoms with van der Waals surface area (Å²) in [4.78, 5) is 13.1. The number of benzene rings is 2. The van der Waals surface area contributed by atoms with Gasteiger partial charge in [-0.3, -0.25) is 0 Å². The molecule has 2 rings (SSSR count). The Hall–Kier alpha value is -3.86. The van der Waals surface area contributed by atoms with Crippen molar-refractivity contribution in [1.82, 2.24) is 0 Å². The molecule has 0 fully saturated rings. The van der Waals surface area contributed by atoms with Crippen LogP contribution >= 0.6 is 11.6 Å². The van der Waals surface area contributed by atoms with Gasteiger partial charge in [-0.15, -0.1) is 0 Å². The number of hydrogen-bond acceptors (Lipinski definition) is 8. The van der Waals surface area contributed by atoms with E-state index in [0.29, 0.717) is 5.56 Å². The summed E-state index contributed by atoms with van der Waals surface area (Å²) in [6, 6.07) is 13.1. The van der Waals surface area contributed by atoms with Crippen LogP contribution < -0.4 is 21.1 Å². The number of ether oxygens (including phenoxy) is 3. The maximum atomic E-state index is 15.2. The van der Waals surface area contributed by atoms with Gasteiger partial charge >= 0.3 is 0 Å². The van der Waals surface area contributed by atoms with Crippen molar-refractivity contribution in [2.45, 2.75) is 0 Å². The van der Waals surface area contributed by atoms with E-state index in [-0.39, 0.29) is 41.2 Å². The number of para-hydroxylation sites is 2. The maximum absolute atomic E-state index is 15.2. The summed E-state index contributed by atoms with van der Waals surface area (Å²) in [5, 5.41) is 4.19. The second-order valence-corrected chi connectivity index (χ2v) is 6.62. The summed E-state index contributed by atoms with van der Waals surface area (Å²) in [6.07, 6.45) is 0.864. The minimum absolute atomic E-state index is 0.116. The van der Waals surface area contributed by atoms with Gasteiger partial charge in [0.25, 0.3) is 5.88 Å². The molecular weight excluding hydrogens is 467 g/mol. The van der Waals surface area contributed by atoms with E-state index >= 15 is 4.39 Å². The number of nitrogens with two attached hydrogens (primary N) is 2. The summed E-state index contributed by atoms with van der Waals surface area (Å²) in [5.41, 5.74) is 5.92. The van der Waals surface area contributed by atoms with Gasteiger partial charge in [-0.25, -0.2) is 10.9 Å². The number of halogens is 2. The summed E-state index contributed by atoms with van der Waals surface area (Å²) < 4.78 is 31.8. The minimum Gasteiger partial charge on any atom is -0.489 e. The van der Waals surface area contributed by atoms with E-state index in [9.17, 15) is 0 Å². The van der Waals surface area contributed by atoms with Gasteiger partial charge in [0, 0.05) is 0 Å². The number of rotatable bonds is 13. The van der Waals surface area contributed by atoms with Crippen molar-refractivity contribution in [1.29, 1.82) is 0 Å². The zero-order chi connectivity index (χ0) is 24.9. The molecule has 0 saturated heterocycles. The first-order valence-electron chi connectivity index (χ1n) is 9.70. The van der Waals surface area contributed by atoms with Crippen LogP contribution in [0, 0.1) is 0 Å². The smallest absolute Gasteiger partial charge is 0.261 e. The number of aliphatic imine (C=N–C) groups is 1. The van der Waals surface area contributed by atoms with Crippen molar-refractivity contribution in [2.75, 3.05) is 20.3 Å². The Morgan fingerprint density at radius 3 is 2.35 bits per heavy atom. The van der Waals surface area contributed by atoms with Crippen molar-refractivity contribution in [3.63, 3.8) is 0 Å². The predicted molar refractivity (Wildman–Crippen MR) is 128 cm³/mol. The molecule has 0 aromatic heterocycles. The highest BCUT2D eigenvalue weighted by molar-refractivity contribution is 6.32. The summed E-state index contributed by atoms with van der Waals surface area (Å²) in [6.45, 7) is 7.70. The van der Waals surface area contributed by atoms with E-state index in [2.05, 4.69) is 28.1 Å². The lowest BCUT2D eigenvalue weighted by molar-refractivity contribution is 0.0812. The first kappa shape index (κ1) is 26.4. The van der Waals surface area contributed by atoms with Gasteiger partial charge in [-0.05, 0) is 24.3 Å². The van der Waals surface area contributed by atoms with Crippen LogP contribution in [0.2, 0.25) is 5.02 Å². The average molecular weight is 491 g/mol. The van der Waals surface area contributed by atoms with Crippen molar-refractivity contribution < 1.29 is 28.3 Å². The molecular formula is C23H24ClFN4O5. The maximum Gasteiger partial charge on any atom is 0.261 e. The molecule has 0 aliphatic heterocycles. The zero-order valence-corrected chi connectivity index (χ0v) is 19.1. The molecule has 2 aromatic rings. The molecule has 4 N–H and O–H groups in total. The molecule has 34 heavy (non-hydrogen) atoms. The van der Waals surface area contributed by atoms with Crippen LogP contribution in [0.1, 0.15) is 5.56 Å². The van der Waals surface area contributed by atoms with Gasteiger partial charge in [-0.2, -0.15) is 4.39 Å². The molecule has 0 saturated carbocycles. The van der Waals surface area contributed by atoms with Crippen molar-refractivity contribution in [2.24, 2.45) is 21.8 Å². The number of oxime groups is 1. The van der Waals surface area contributed by atoms with Gasteiger partial charge in [0.15, 0.2) is 11.5 Å². The largest absolute Gasteiger partial charge is 0.489 e. The van der Waals surface area contributed by atoms with E-state index in [1.165, 1.54) is 13.2 Å². The van der Waals surface area contributed by atoms with Crippen molar-refractivity contribution in [3.8, 4) is 11.5 Å². The standard InChI is InChI=1S/C23H24ClFN4O5/c1-15(21(25)23(28-14-26)34-20-11-7-5-9-18(20)24)33-19-10-6-4-8-17(19)22(29-30-3)16(2)31-12-13-32-27/h4-11,14H,1-2,12-13,27H2,3H3,(H2,26,28)/b23-21-,29-22-. The summed E-state index contributed by atoms with van der Waals surface area (Å²) >= 11 is 6.08. The highest BCUT2D eigenvalue weighted by Gasteiger charge is 2.20. The van der Waals surface area contributed by atoms with Crippen LogP contribution in [0.25, 0.3) is 0 Å². The molecule has 0 bridgehead atoms. The third kappa shape index (κ3) is 7.34. The van der Waals surface area contributed by atoms with Gasteiger partial charge in [0.05, 0.1) is 16.9 Å². The second-order valence-electron chi connectivity index (χ2n) is 6.22. The predicted octanol–water partition coefficient (Wildman–Crippen LogP) is 4.21. The molecule has 0 amide bonds. The topological polar surface area (TPSA) is 123 Å². The van der Waals surface area contributed by atoms with E-state index in [1.54, 1.807) is 42.5 Å². The van der Waals surface area contributed by atoms with E-state index < -0.39 is 17.5 Å². The lowest BCUT2D eigenvalue weighted by atomic mass is 10.1. The van der Waals surface area contributed by atoms with Crippen LogP contribution in [-0.2, 0) is 14.4 Å². The molecule has 0 heterocycles. The van der Waals surface area contributed by atoms with Crippen LogP contribution in [0.4, 0.5) is 4.39 Å². The molecule has 11 heteroatoms. The van der Waals surface area contributed by atoms with Crippen LogP contribution in [0.5, 0.6) is 11.5 Å². The lowest BCUT2D eigenvalue weighted by Crippen LogP contribution is -2.14. The Morgan fingerprint density at radius 1 is 1.03 bits per heavy atom. The monoisotopic (exact) mass is 490 g/mol. The molecule has 0 aliphatic carbocycles. The summed E-state index contributed by atoms with van der Waals surface area (Å²) in [5.74, 6) is 3.55. The highest BCUT2D eigenvalue weighted by Crippen LogP contribution is 2.30. The number of allylic oxidation sites excluding steroid dienone is 2. The first-order valence-corrected chi connectivity index (χ1v) is 10.1. The minimum atomic E-state index is -1.02. The molecule has 0 unspecified atom stereocenters. The van der Waals surface area contributed by atoms with Crippen LogP contribution in [-0.4, -0.2) is 32.4 Å². The molecule has 0 aliphatic rings. The van der Waals surface area contributed by atoms with Gasteiger partial charge in [0.2, 0.25) is 5.83 Å². The zero-order valence-electron chi connectivity index (χ0n) is 18.4. The van der Waals surface area contributed by atoms with Crippen LogP contribution in [0.3, 0.4) is 0 Å². The molecule has 2 aromatic carbocycles. The molecule has 0 atom stereocenters. The normalized spacial score (nSPS) is 12.2. The SMILES string of the molecule is C=C(Oc1ccccc1/C(=N\OC)C(=C)OCCON)/C(F)=C(\N=C/N)Oc1ccccc1Cl. The Bertz CT molecular complexity index is 1100. The quantitative estimate of drug-likeness (QED) is 0.108. The first-order chi connectivity index (χ1) is 16.4. The lowest BCUT2D eigenvalue weighted by Gasteiger charge is -2.16. The third-order valence-electron chi connectivity index (χ3n) is 3.97. The van der Waals surface area contributed by atoms with E-state index in [1.807, 2.05) is 0 Å². The Morgan fingerprint density at radius 2 is 1.71 bits per heavy atom. The van der Waals surface area contributed by atoms with Crippen LogP contribution in [0.15, 0.2) is 95.1 Å². The van der Waals surface area contributed by atoms with Gasteiger partial charge in [-0.1, -0.05) is 54.2 Å². The van der Waals surface area contributed by atoms with Gasteiger partial charge in [0.1, 0.15) is 37.6 Å². The van der Waals surface area contributed by atoms with Gasteiger partial charge < -0.3 is 29.6 Å². The Balaban J connectivity index is 2.35. The van der Waals surface area contributed by atoms with E-state index in [0.717, 1.165) is 6.34 Å². The molecule has 0 radical (unpaired) electrons. The Labute approximate surface area is 201 Å².